The van der Waals surface area contributed by atoms with Crippen LogP contribution in [0.25, 0.3) is 0 Å². The number of hydrogen-bond donors (Lipinski definition) is 1. The van der Waals surface area contributed by atoms with E-state index in [1.54, 1.807) is 0 Å². The summed E-state index contributed by atoms with van der Waals surface area (Å²) in [4.78, 5) is 0. The molecule has 2 atom stereocenters. The van der Waals surface area contributed by atoms with Crippen LogP contribution < -0.4 is 5.73 Å². The molecule has 1 aliphatic carbocycles. The summed E-state index contributed by atoms with van der Waals surface area (Å²) in [6.45, 7) is 4.43. The molecule has 0 amide bonds. The highest BCUT2D eigenvalue weighted by molar-refractivity contribution is 8.00. The normalized spacial score (nSPS) is 24.2. The molecule has 1 aliphatic rings. The van der Waals surface area contributed by atoms with Crippen molar-refractivity contribution < 1.29 is 0 Å². The summed E-state index contributed by atoms with van der Waals surface area (Å²) >= 11 is 2.17. The molecule has 0 aromatic heterocycles. The van der Waals surface area contributed by atoms with Crippen molar-refractivity contribution in [3.63, 3.8) is 0 Å². The number of rotatable bonds is 4. The van der Waals surface area contributed by atoms with Gasteiger partial charge in [-0.15, -0.1) is 0 Å². The van der Waals surface area contributed by atoms with Gasteiger partial charge in [0, 0.05) is 16.5 Å². The number of thioether (sulfide) groups is 1. The summed E-state index contributed by atoms with van der Waals surface area (Å²) in [6.07, 6.45) is 8.40. The van der Waals surface area contributed by atoms with Crippen LogP contribution in [0.5, 0.6) is 0 Å². The summed E-state index contributed by atoms with van der Waals surface area (Å²) < 4.78 is 0. The topological polar surface area (TPSA) is 26.0 Å². The van der Waals surface area contributed by atoms with Crippen molar-refractivity contribution in [2.24, 2.45) is 5.73 Å². The molecule has 0 aliphatic heterocycles. The molecule has 78 valence electrons. The average Bonchev–Trinajstić information content (AvgIpc) is 2.04. The number of hydrogen-bond acceptors (Lipinski definition) is 2. The summed E-state index contributed by atoms with van der Waals surface area (Å²) in [5.41, 5.74) is 5.79. The molecule has 2 heteroatoms. The van der Waals surface area contributed by atoms with Crippen molar-refractivity contribution in [2.75, 3.05) is 0 Å². The van der Waals surface area contributed by atoms with Crippen molar-refractivity contribution in [1.29, 1.82) is 0 Å². The molecule has 0 bridgehead atoms. The molecule has 0 aromatic carbocycles. The van der Waals surface area contributed by atoms with Crippen molar-refractivity contribution in [2.45, 2.75) is 68.9 Å². The molecule has 0 spiro atoms. The first-order valence-electron chi connectivity index (χ1n) is 5.59. The van der Waals surface area contributed by atoms with E-state index in [0.29, 0.717) is 6.04 Å². The van der Waals surface area contributed by atoms with Gasteiger partial charge in [-0.25, -0.2) is 0 Å². The zero-order valence-corrected chi connectivity index (χ0v) is 9.78. The molecule has 1 fully saturated rings. The first kappa shape index (κ1) is 11.4. The van der Waals surface area contributed by atoms with Crippen molar-refractivity contribution in [3.05, 3.63) is 0 Å². The van der Waals surface area contributed by atoms with E-state index in [1.165, 1.54) is 38.5 Å². The van der Waals surface area contributed by atoms with E-state index in [1.807, 2.05) is 0 Å². The molecule has 0 saturated heterocycles. The zero-order valence-electron chi connectivity index (χ0n) is 8.96. The smallest absolute Gasteiger partial charge is 0.00497 e. The highest BCUT2D eigenvalue weighted by Gasteiger charge is 2.17. The van der Waals surface area contributed by atoms with Crippen molar-refractivity contribution >= 4 is 11.8 Å². The van der Waals surface area contributed by atoms with E-state index in [2.05, 4.69) is 25.6 Å². The van der Waals surface area contributed by atoms with Crippen LogP contribution in [0, 0.1) is 0 Å². The van der Waals surface area contributed by atoms with Gasteiger partial charge < -0.3 is 5.73 Å². The van der Waals surface area contributed by atoms with Crippen LogP contribution in [0.2, 0.25) is 0 Å². The highest BCUT2D eigenvalue weighted by atomic mass is 32.2. The van der Waals surface area contributed by atoms with E-state index in [0.717, 1.165) is 10.5 Å². The third-order valence-corrected chi connectivity index (χ3v) is 4.19. The van der Waals surface area contributed by atoms with E-state index in [-0.39, 0.29) is 0 Å². The Morgan fingerprint density at radius 3 is 2.38 bits per heavy atom. The lowest BCUT2D eigenvalue weighted by atomic mass is 10.0. The highest BCUT2D eigenvalue weighted by Crippen LogP contribution is 2.32. The maximum absolute atomic E-state index is 5.79. The van der Waals surface area contributed by atoms with Gasteiger partial charge in [0.05, 0.1) is 0 Å². The lowest BCUT2D eigenvalue weighted by molar-refractivity contribution is 0.513. The summed E-state index contributed by atoms with van der Waals surface area (Å²) in [6, 6.07) is 0.367. The Labute approximate surface area is 86.8 Å². The van der Waals surface area contributed by atoms with E-state index >= 15 is 0 Å². The SMILES string of the molecule is CC(N)CC(C)SC1CCCCC1. The van der Waals surface area contributed by atoms with Crippen molar-refractivity contribution in [3.8, 4) is 0 Å². The summed E-state index contributed by atoms with van der Waals surface area (Å²) in [7, 11) is 0. The fraction of sp³-hybridized carbons (Fsp3) is 1.00. The zero-order chi connectivity index (χ0) is 9.68. The Morgan fingerprint density at radius 1 is 1.23 bits per heavy atom. The van der Waals surface area contributed by atoms with E-state index in [4.69, 9.17) is 5.73 Å². The molecule has 2 N–H and O–H groups in total. The molecular formula is C11H23NS. The van der Waals surface area contributed by atoms with Gasteiger partial charge in [0.25, 0.3) is 0 Å². The van der Waals surface area contributed by atoms with Gasteiger partial charge in [-0.3, -0.25) is 0 Å². The molecule has 13 heavy (non-hydrogen) atoms. The van der Waals surface area contributed by atoms with Gasteiger partial charge in [-0.2, -0.15) is 11.8 Å². The standard InChI is InChI=1S/C11H23NS/c1-9(12)8-10(2)13-11-6-4-3-5-7-11/h9-11H,3-8,12H2,1-2H3. The maximum Gasteiger partial charge on any atom is 0.00497 e. The number of nitrogens with two attached hydrogens (primary N) is 1. The molecule has 1 saturated carbocycles. The summed E-state index contributed by atoms with van der Waals surface area (Å²) in [5.74, 6) is 0. The molecule has 1 rings (SSSR count). The largest absolute Gasteiger partial charge is 0.328 e. The van der Waals surface area contributed by atoms with Crippen LogP contribution in [0.1, 0.15) is 52.4 Å². The maximum atomic E-state index is 5.79. The van der Waals surface area contributed by atoms with Gasteiger partial charge in [-0.05, 0) is 26.2 Å². The molecule has 0 heterocycles. The quantitative estimate of drug-likeness (QED) is 0.756. The van der Waals surface area contributed by atoms with Crippen LogP contribution >= 0.6 is 11.8 Å². The molecule has 0 radical (unpaired) electrons. The molecule has 1 nitrogen and oxygen atoms in total. The fourth-order valence-electron chi connectivity index (χ4n) is 2.11. The Hall–Kier alpha value is 0.310. The van der Waals surface area contributed by atoms with Gasteiger partial charge in [0.15, 0.2) is 0 Å². The first-order valence-corrected chi connectivity index (χ1v) is 6.54. The monoisotopic (exact) mass is 201 g/mol. The van der Waals surface area contributed by atoms with Gasteiger partial charge in [0.2, 0.25) is 0 Å². The lowest BCUT2D eigenvalue weighted by Gasteiger charge is -2.25. The Kier molecular flexibility index (Phi) is 5.18. The van der Waals surface area contributed by atoms with Gasteiger partial charge >= 0.3 is 0 Å². The van der Waals surface area contributed by atoms with Crippen molar-refractivity contribution in [1.82, 2.24) is 0 Å². The minimum Gasteiger partial charge on any atom is -0.328 e. The Morgan fingerprint density at radius 2 is 1.85 bits per heavy atom. The minimum atomic E-state index is 0.367. The summed E-state index contributed by atoms with van der Waals surface area (Å²) in [5, 5.41) is 1.69. The van der Waals surface area contributed by atoms with Crippen LogP contribution in [-0.4, -0.2) is 16.5 Å². The van der Waals surface area contributed by atoms with E-state index in [9.17, 15) is 0 Å². The average molecular weight is 201 g/mol. The predicted octanol–water partition coefficient (Wildman–Crippen LogP) is 3.18. The third-order valence-electron chi connectivity index (χ3n) is 2.68. The Balaban J connectivity index is 2.14. The molecular weight excluding hydrogens is 178 g/mol. The van der Waals surface area contributed by atoms with Crippen LogP contribution in [0.4, 0.5) is 0 Å². The fourth-order valence-corrected chi connectivity index (χ4v) is 3.79. The third kappa shape index (κ3) is 4.92. The Bertz CT molecular complexity index is 130. The van der Waals surface area contributed by atoms with E-state index < -0.39 is 0 Å². The van der Waals surface area contributed by atoms with Crippen LogP contribution in [0.3, 0.4) is 0 Å². The van der Waals surface area contributed by atoms with Crippen LogP contribution in [-0.2, 0) is 0 Å². The second-order valence-corrected chi connectivity index (χ2v) is 6.16. The van der Waals surface area contributed by atoms with Gasteiger partial charge in [0.1, 0.15) is 0 Å². The van der Waals surface area contributed by atoms with Crippen LogP contribution in [0.15, 0.2) is 0 Å². The molecule has 0 aromatic rings. The first-order chi connectivity index (χ1) is 6.18. The second-order valence-electron chi connectivity index (χ2n) is 4.42. The predicted molar refractivity (Wildman–Crippen MR) is 62.2 cm³/mol. The minimum absolute atomic E-state index is 0.367. The lowest BCUT2D eigenvalue weighted by Crippen LogP contribution is -2.21. The van der Waals surface area contributed by atoms with Gasteiger partial charge in [-0.1, -0.05) is 26.2 Å². The molecule has 2 unspecified atom stereocenters. The second kappa shape index (κ2) is 5.92.